The number of hydrogen-bond donors (Lipinski definition) is 1. The van der Waals surface area contributed by atoms with Crippen molar-refractivity contribution in [3.8, 4) is 5.75 Å². The van der Waals surface area contributed by atoms with Gasteiger partial charge in [-0.2, -0.15) is 5.10 Å². The van der Waals surface area contributed by atoms with E-state index in [0.29, 0.717) is 5.75 Å². The summed E-state index contributed by atoms with van der Waals surface area (Å²) in [6, 6.07) is 9.64. The fourth-order valence-electron chi connectivity index (χ4n) is 2.13. The highest BCUT2D eigenvalue weighted by atomic mass is 16.5. The number of aryl methyl sites for hydroxylation is 1. The number of carbonyl (C=O) groups is 1. The third-order valence-corrected chi connectivity index (χ3v) is 3.55. The van der Waals surface area contributed by atoms with E-state index >= 15 is 0 Å². The highest BCUT2D eigenvalue weighted by Crippen LogP contribution is 2.27. The van der Waals surface area contributed by atoms with Gasteiger partial charge >= 0.3 is 0 Å². The first kappa shape index (κ1) is 18.5. The van der Waals surface area contributed by atoms with Crippen LogP contribution in [-0.2, 0) is 10.2 Å². The van der Waals surface area contributed by atoms with E-state index in [4.69, 9.17) is 9.15 Å². The van der Waals surface area contributed by atoms with Gasteiger partial charge in [0.15, 0.2) is 6.61 Å². The molecule has 5 nitrogen and oxygen atoms in total. The first-order valence-electron chi connectivity index (χ1n) is 8.12. The first-order valence-corrected chi connectivity index (χ1v) is 8.12. The van der Waals surface area contributed by atoms with Gasteiger partial charge in [-0.1, -0.05) is 32.9 Å². The minimum absolute atomic E-state index is 0.0819. The Hall–Kier alpha value is -2.82. The SMILES string of the molecule is Cc1cc(C(C)(C)C)ccc1OCC(=O)NN=CC=Cc1ccco1. The molecule has 0 saturated heterocycles. The Morgan fingerprint density at radius 3 is 2.76 bits per heavy atom. The van der Waals surface area contributed by atoms with Gasteiger partial charge in [0.05, 0.1) is 6.26 Å². The topological polar surface area (TPSA) is 63.8 Å². The number of ether oxygens (including phenoxy) is 1. The lowest BCUT2D eigenvalue weighted by molar-refractivity contribution is -0.123. The van der Waals surface area contributed by atoms with Crippen LogP contribution in [0, 0.1) is 6.92 Å². The number of hydrogen-bond acceptors (Lipinski definition) is 4. The lowest BCUT2D eigenvalue weighted by Gasteiger charge is -2.20. The third-order valence-electron chi connectivity index (χ3n) is 3.55. The zero-order valence-corrected chi connectivity index (χ0v) is 15.1. The van der Waals surface area contributed by atoms with Gasteiger partial charge in [-0.05, 0) is 53.8 Å². The second-order valence-corrected chi connectivity index (χ2v) is 6.71. The van der Waals surface area contributed by atoms with E-state index in [1.807, 2.05) is 25.1 Å². The third kappa shape index (κ3) is 5.95. The van der Waals surface area contributed by atoms with Crippen LogP contribution >= 0.6 is 0 Å². The number of hydrazone groups is 1. The molecule has 0 saturated carbocycles. The molecule has 1 aromatic carbocycles. The Morgan fingerprint density at radius 1 is 1.32 bits per heavy atom. The van der Waals surface area contributed by atoms with Crippen LogP contribution in [0.2, 0.25) is 0 Å². The highest BCUT2D eigenvalue weighted by Gasteiger charge is 2.15. The van der Waals surface area contributed by atoms with Crippen molar-refractivity contribution in [2.24, 2.45) is 5.10 Å². The molecule has 1 heterocycles. The van der Waals surface area contributed by atoms with E-state index in [0.717, 1.165) is 11.3 Å². The van der Waals surface area contributed by atoms with E-state index in [2.05, 4.69) is 37.4 Å². The van der Waals surface area contributed by atoms with Crippen molar-refractivity contribution in [2.75, 3.05) is 6.61 Å². The predicted octanol–water partition coefficient (Wildman–Crippen LogP) is 4.08. The van der Waals surface area contributed by atoms with Crippen molar-refractivity contribution in [1.82, 2.24) is 5.43 Å². The Balaban J connectivity index is 1.80. The second kappa shape index (κ2) is 8.33. The van der Waals surface area contributed by atoms with Crippen LogP contribution in [0.3, 0.4) is 0 Å². The molecule has 1 aromatic heterocycles. The molecule has 1 amide bonds. The molecule has 0 bridgehead atoms. The summed E-state index contributed by atoms with van der Waals surface area (Å²) in [4.78, 5) is 11.8. The number of amides is 1. The summed E-state index contributed by atoms with van der Waals surface area (Å²) < 4.78 is 10.7. The van der Waals surface area contributed by atoms with E-state index in [1.165, 1.54) is 11.8 Å². The molecule has 1 N–H and O–H groups in total. The van der Waals surface area contributed by atoms with Crippen molar-refractivity contribution in [3.05, 3.63) is 59.6 Å². The zero-order valence-electron chi connectivity index (χ0n) is 15.1. The summed E-state index contributed by atoms with van der Waals surface area (Å²) in [6.45, 7) is 8.37. The molecule has 2 aromatic rings. The first-order chi connectivity index (χ1) is 11.9. The standard InChI is InChI=1S/C20H24N2O3/c1-15-13-16(20(2,3)4)9-10-18(15)25-14-19(23)22-21-11-5-7-17-8-6-12-24-17/h5-13H,14H2,1-4H3,(H,22,23). The van der Waals surface area contributed by atoms with E-state index < -0.39 is 0 Å². The fourth-order valence-corrected chi connectivity index (χ4v) is 2.13. The van der Waals surface area contributed by atoms with Crippen molar-refractivity contribution in [3.63, 3.8) is 0 Å². The van der Waals surface area contributed by atoms with Gasteiger partial charge < -0.3 is 9.15 Å². The molecule has 0 aliphatic heterocycles. The molecule has 132 valence electrons. The summed E-state index contributed by atoms with van der Waals surface area (Å²) >= 11 is 0. The van der Waals surface area contributed by atoms with Crippen molar-refractivity contribution in [1.29, 1.82) is 0 Å². The predicted molar refractivity (Wildman–Crippen MR) is 99.8 cm³/mol. The molecule has 5 heteroatoms. The Morgan fingerprint density at radius 2 is 2.12 bits per heavy atom. The maximum absolute atomic E-state index is 11.8. The zero-order chi connectivity index (χ0) is 18.3. The Bertz CT molecular complexity index is 754. The van der Waals surface area contributed by atoms with Gasteiger partial charge in [0.2, 0.25) is 0 Å². The van der Waals surface area contributed by atoms with Gasteiger partial charge in [-0.15, -0.1) is 0 Å². The molecule has 0 spiro atoms. The number of nitrogens with zero attached hydrogens (tertiary/aromatic N) is 1. The Kier molecular flexibility index (Phi) is 6.17. The number of furan rings is 1. The molecule has 0 fully saturated rings. The molecule has 0 radical (unpaired) electrons. The maximum atomic E-state index is 11.8. The van der Waals surface area contributed by atoms with Gasteiger partial charge in [0.1, 0.15) is 11.5 Å². The van der Waals surface area contributed by atoms with Gasteiger partial charge in [-0.3, -0.25) is 4.79 Å². The quantitative estimate of drug-likeness (QED) is 0.636. The lowest BCUT2D eigenvalue weighted by atomic mass is 9.86. The largest absolute Gasteiger partial charge is 0.483 e. The number of carbonyl (C=O) groups excluding carboxylic acids is 1. The van der Waals surface area contributed by atoms with E-state index in [-0.39, 0.29) is 17.9 Å². The van der Waals surface area contributed by atoms with Crippen LogP contribution < -0.4 is 10.2 Å². The minimum Gasteiger partial charge on any atom is -0.483 e. The average molecular weight is 340 g/mol. The lowest BCUT2D eigenvalue weighted by Crippen LogP contribution is -2.24. The fraction of sp³-hybridized carbons (Fsp3) is 0.300. The van der Waals surface area contributed by atoms with Crippen LogP contribution in [0.15, 0.2) is 52.2 Å². The normalized spacial score (nSPS) is 12.0. The molecule has 25 heavy (non-hydrogen) atoms. The van der Waals surface area contributed by atoms with E-state index in [9.17, 15) is 4.79 Å². The summed E-state index contributed by atoms with van der Waals surface area (Å²) in [5.74, 6) is 1.10. The molecule has 2 rings (SSSR count). The van der Waals surface area contributed by atoms with Crippen molar-refractivity contribution in [2.45, 2.75) is 33.1 Å². The van der Waals surface area contributed by atoms with Crippen molar-refractivity contribution < 1.29 is 13.9 Å². The maximum Gasteiger partial charge on any atom is 0.277 e. The van der Waals surface area contributed by atoms with Crippen LogP contribution in [0.25, 0.3) is 6.08 Å². The Labute approximate surface area is 148 Å². The molecule has 0 unspecified atom stereocenters. The monoisotopic (exact) mass is 340 g/mol. The number of rotatable bonds is 6. The van der Waals surface area contributed by atoms with Crippen LogP contribution in [0.1, 0.15) is 37.7 Å². The number of allylic oxidation sites excluding steroid dienone is 1. The van der Waals surface area contributed by atoms with Crippen LogP contribution in [0.4, 0.5) is 0 Å². The summed E-state index contributed by atoms with van der Waals surface area (Å²) in [7, 11) is 0. The molecule has 0 atom stereocenters. The second-order valence-electron chi connectivity index (χ2n) is 6.71. The van der Waals surface area contributed by atoms with Gasteiger partial charge in [-0.25, -0.2) is 5.43 Å². The van der Waals surface area contributed by atoms with E-state index in [1.54, 1.807) is 24.5 Å². The molecule has 0 aliphatic carbocycles. The summed E-state index contributed by atoms with van der Waals surface area (Å²) in [6.07, 6.45) is 6.48. The smallest absolute Gasteiger partial charge is 0.277 e. The van der Waals surface area contributed by atoms with Crippen LogP contribution in [-0.4, -0.2) is 18.7 Å². The van der Waals surface area contributed by atoms with Crippen molar-refractivity contribution >= 4 is 18.2 Å². The molecule has 0 aliphatic rings. The highest BCUT2D eigenvalue weighted by molar-refractivity contribution is 5.81. The van der Waals surface area contributed by atoms with Gasteiger partial charge in [0.25, 0.3) is 5.91 Å². The number of nitrogens with one attached hydrogen (secondary N) is 1. The average Bonchev–Trinajstić information content (AvgIpc) is 3.05. The summed E-state index contributed by atoms with van der Waals surface area (Å²) in [5, 5.41) is 3.82. The number of benzene rings is 1. The van der Waals surface area contributed by atoms with Gasteiger partial charge in [0, 0.05) is 6.21 Å². The summed E-state index contributed by atoms with van der Waals surface area (Å²) in [5.41, 5.74) is 4.73. The molecular weight excluding hydrogens is 316 g/mol. The van der Waals surface area contributed by atoms with Crippen LogP contribution in [0.5, 0.6) is 5.75 Å². The minimum atomic E-state index is -0.318. The molecular formula is C20H24N2O3.